The lowest BCUT2D eigenvalue weighted by molar-refractivity contribution is 0.102. The summed E-state index contributed by atoms with van der Waals surface area (Å²) >= 11 is 0. The Bertz CT molecular complexity index is 738. The summed E-state index contributed by atoms with van der Waals surface area (Å²) in [7, 11) is 0. The maximum atomic E-state index is 12.2. The lowest BCUT2D eigenvalue weighted by Crippen LogP contribution is -2.30. The van der Waals surface area contributed by atoms with Crippen molar-refractivity contribution >= 4 is 23.3 Å². The van der Waals surface area contributed by atoms with Crippen LogP contribution >= 0.6 is 0 Å². The van der Waals surface area contributed by atoms with Gasteiger partial charge < -0.3 is 20.7 Å². The van der Waals surface area contributed by atoms with E-state index in [1.807, 2.05) is 6.92 Å². The van der Waals surface area contributed by atoms with E-state index in [2.05, 4.69) is 16.0 Å². The lowest BCUT2D eigenvalue weighted by Gasteiger charge is -2.09. The van der Waals surface area contributed by atoms with Crippen LogP contribution in [0.4, 0.5) is 16.2 Å². The summed E-state index contributed by atoms with van der Waals surface area (Å²) in [4.78, 5) is 23.9. The minimum Gasteiger partial charge on any atom is -0.494 e. The van der Waals surface area contributed by atoms with E-state index in [1.54, 1.807) is 48.5 Å². The Labute approximate surface area is 146 Å². The molecule has 2 aromatic carbocycles. The van der Waals surface area contributed by atoms with Gasteiger partial charge in [0.2, 0.25) is 0 Å². The third-order valence-electron chi connectivity index (χ3n) is 3.74. The number of carbonyl (C=O) groups excluding carboxylic acids is 2. The van der Waals surface area contributed by atoms with E-state index in [4.69, 9.17) is 4.74 Å². The molecule has 25 heavy (non-hydrogen) atoms. The highest BCUT2D eigenvalue weighted by Gasteiger charge is 2.23. The number of anilines is 2. The quantitative estimate of drug-likeness (QED) is 0.752. The summed E-state index contributed by atoms with van der Waals surface area (Å²) in [5.41, 5.74) is 1.89. The fourth-order valence-corrected chi connectivity index (χ4v) is 2.29. The second-order valence-electron chi connectivity index (χ2n) is 5.86. The van der Waals surface area contributed by atoms with Crippen molar-refractivity contribution in [3.05, 3.63) is 54.1 Å². The maximum Gasteiger partial charge on any atom is 0.319 e. The van der Waals surface area contributed by atoms with Crippen molar-refractivity contribution in [3.63, 3.8) is 0 Å². The molecule has 0 atom stereocenters. The number of benzene rings is 2. The van der Waals surface area contributed by atoms with E-state index < -0.39 is 0 Å². The zero-order chi connectivity index (χ0) is 17.6. The number of rotatable bonds is 6. The average Bonchev–Trinajstić information content (AvgIpc) is 3.41. The van der Waals surface area contributed by atoms with Crippen LogP contribution < -0.4 is 20.7 Å². The van der Waals surface area contributed by atoms with Crippen molar-refractivity contribution in [2.45, 2.75) is 25.8 Å². The second kappa shape index (κ2) is 7.70. The van der Waals surface area contributed by atoms with Gasteiger partial charge in [0.25, 0.3) is 5.91 Å². The van der Waals surface area contributed by atoms with Crippen LogP contribution in [0.2, 0.25) is 0 Å². The summed E-state index contributed by atoms with van der Waals surface area (Å²) in [5.74, 6) is 0.536. The number of hydrogen-bond acceptors (Lipinski definition) is 3. The summed E-state index contributed by atoms with van der Waals surface area (Å²) in [6.07, 6.45) is 2.09. The van der Waals surface area contributed by atoms with Gasteiger partial charge in [0.1, 0.15) is 5.75 Å². The van der Waals surface area contributed by atoms with Crippen LogP contribution in [0.5, 0.6) is 5.75 Å². The molecule has 2 aromatic rings. The highest BCUT2D eigenvalue weighted by atomic mass is 16.5. The van der Waals surface area contributed by atoms with Gasteiger partial charge in [0.05, 0.1) is 6.61 Å². The van der Waals surface area contributed by atoms with Crippen LogP contribution in [0.1, 0.15) is 30.1 Å². The molecule has 0 radical (unpaired) electrons. The van der Waals surface area contributed by atoms with Crippen LogP contribution in [0.25, 0.3) is 0 Å². The smallest absolute Gasteiger partial charge is 0.319 e. The Morgan fingerprint density at radius 2 is 1.56 bits per heavy atom. The molecule has 3 rings (SSSR count). The fourth-order valence-electron chi connectivity index (χ4n) is 2.29. The van der Waals surface area contributed by atoms with Crippen molar-refractivity contribution in [2.75, 3.05) is 17.2 Å². The Morgan fingerprint density at radius 1 is 0.960 bits per heavy atom. The van der Waals surface area contributed by atoms with Crippen molar-refractivity contribution in [1.29, 1.82) is 0 Å². The van der Waals surface area contributed by atoms with Crippen molar-refractivity contribution < 1.29 is 14.3 Å². The molecule has 1 fully saturated rings. The van der Waals surface area contributed by atoms with Gasteiger partial charge >= 0.3 is 6.03 Å². The van der Waals surface area contributed by atoms with Crippen molar-refractivity contribution in [2.24, 2.45) is 0 Å². The third-order valence-corrected chi connectivity index (χ3v) is 3.74. The van der Waals surface area contributed by atoms with Gasteiger partial charge in [0, 0.05) is 23.0 Å². The van der Waals surface area contributed by atoms with Crippen LogP contribution in [0.15, 0.2) is 48.5 Å². The highest BCUT2D eigenvalue weighted by molar-refractivity contribution is 6.04. The molecule has 3 N–H and O–H groups in total. The van der Waals surface area contributed by atoms with Crippen molar-refractivity contribution in [1.82, 2.24) is 5.32 Å². The Kier molecular flexibility index (Phi) is 5.18. The highest BCUT2D eigenvalue weighted by Crippen LogP contribution is 2.19. The van der Waals surface area contributed by atoms with Crippen LogP contribution in [0.3, 0.4) is 0 Å². The number of amides is 3. The first kappa shape index (κ1) is 16.8. The topological polar surface area (TPSA) is 79.5 Å². The molecular formula is C19H21N3O3. The largest absolute Gasteiger partial charge is 0.494 e. The van der Waals surface area contributed by atoms with Gasteiger partial charge in [-0.2, -0.15) is 0 Å². The fraction of sp³-hybridized carbons (Fsp3) is 0.263. The number of carbonyl (C=O) groups is 2. The summed E-state index contributed by atoms with van der Waals surface area (Å²) in [6.45, 7) is 2.50. The molecule has 0 unspecified atom stereocenters. The molecule has 0 aromatic heterocycles. The summed E-state index contributed by atoms with van der Waals surface area (Å²) in [6, 6.07) is 14.1. The molecule has 130 valence electrons. The van der Waals surface area contributed by atoms with Crippen LogP contribution in [-0.4, -0.2) is 24.6 Å². The van der Waals surface area contributed by atoms with E-state index in [0.29, 0.717) is 29.6 Å². The molecule has 1 saturated carbocycles. The Balaban J connectivity index is 1.54. The van der Waals surface area contributed by atoms with Gasteiger partial charge in [0.15, 0.2) is 0 Å². The molecule has 6 nitrogen and oxygen atoms in total. The number of urea groups is 1. The first-order valence-electron chi connectivity index (χ1n) is 8.36. The van der Waals surface area contributed by atoms with Gasteiger partial charge in [-0.05, 0) is 68.3 Å². The second-order valence-corrected chi connectivity index (χ2v) is 5.86. The molecule has 0 saturated heterocycles. The number of nitrogens with one attached hydrogen (secondary N) is 3. The number of hydrogen-bond donors (Lipinski definition) is 3. The van der Waals surface area contributed by atoms with Gasteiger partial charge in [-0.3, -0.25) is 4.79 Å². The standard InChI is InChI=1S/C19H21N3O3/c1-2-25-17-11-3-13(4-12-17)18(23)20-14-5-7-15(8-6-14)21-19(24)22-16-9-10-16/h3-8,11-12,16H,2,9-10H2,1H3,(H,20,23)(H2,21,22,24). The molecule has 3 amide bonds. The van der Waals surface area contributed by atoms with Gasteiger partial charge in [-0.15, -0.1) is 0 Å². The molecule has 0 bridgehead atoms. The first-order valence-corrected chi connectivity index (χ1v) is 8.36. The third kappa shape index (κ3) is 4.97. The average molecular weight is 339 g/mol. The molecule has 0 aliphatic heterocycles. The van der Waals surface area contributed by atoms with Crippen LogP contribution in [0, 0.1) is 0 Å². The Morgan fingerprint density at radius 3 is 2.12 bits per heavy atom. The minimum atomic E-state index is -0.200. The Hall–Kier alpha value is -3.02. The molecule has 1 aliphatic carbocycles. The molecular weight excluding hydrogens is 318 g/mol. The maximum absolute atomic E-state index is 12.2. The van der Waals surface area contributed by atoms with Gasteiger partial charge in [-0.25, -0.2) is 4.79 Å². The number of ether oxygens (including phenoxy) is 1. The van der Waals surface area contributed by atoms with E-state index in [9.17, 15) is 9.59 Å². The van der Waals surface area contributed by atoms with Crippen LogP contribution in [-0.2, 0) is 0 Å². The summed E-state index contributed by atoms with van der Waals surface area (Å²) in [5, 5.41) is 8.45. The molecule has 1 aliphatic rings. The molecule has 6 heteroatoms. The van der Waals surface area contributed by atoms with E-state index >= 15 is 0 Å². The zero-order valence-electron chi connectivity index (χ0n) is 14.0. The molecule has 0 spiro atoms. The SMILES string of the molecule is CCOc1ccc(C(=O)Nc2ccc(NC(=O)NC3CC3)cc2)cc1. The zero-order valence-corrected chi connectivity index (χ0v) is 14.0. The predicted molar refractivity (Wildman–Crippen MR) is 97.2 cm³/mol. The minimum absolute atomic E-state index is 0.199. The predicted octanol–water partition coefficient (Wildman–Crippen LogP) is 3.62. The van der Waals surface area contributed by atoms with E-state index in [0.717, 1.165) is 18.6 Å². The first-order chi connectivity index (χ1) is 12.1. The van der Waals surface area contributed by atoms with Crippen molar-refractivity contribution in [3.8, 4) is 5.75 Å². The van der Waals surface area contributed by atoms with E-state index in [1.165, 1.54) is 0 Å². The van der Waals surface area contributed by atoms with E-state index in [-0.39, 0.29) is 11.9 Å². The summed E-state index contributed by atoms with van der Waals surface area (Å²) < 4.78 is 5.36. The molecule has 0 heterocycles. The lowest BCUT2D eigenvalue weighted by atomic mass is 10.2. The van der Waals surface area contributed by atoms with Gasteiger partial charge in [-0.1, -0.05) is 0 Å². The monoisotopic (exact) mass is 339 g/mol. The normalized spacial score (nSPS) is 13.0.